The number of hydrogen-bond acceptors (Lipinski definition) is 8. The summed E-state index contributed by atoms with van der Waals surface area (Å²) < 4.78 is 25.9. The Bertz CT molecular complexity index is 1610. The third kappa shape index (κ3) is 3.77. The summed E-state index contributed by atoms with van der Waals surface area (Å²) in [6, 6.07) is 15.6. The number of sulfone groups is 1. The van der Waals surface area contributed by atoms with Crippen LogP contribution in [-0.4, -0.2) is 64.5 Å². The average molecular weight is 501 g/mol. The predicted octanol–water partition coefficient (Wildman–Crippen LogP) is 2.84. The monoisotopic (exact) mass is 500 g/mol. The quantitative estimate of drug-likeness (QED) is 0.445. The first-order chi connectivity index (χ1) is 17.3. The number of piperidine rings is 1. The molecule has 3 saturated heterocycles. The van der Waals surface area contributed by atoms with E-state index in [1.54, 1.807) is 24.4 Å². The van der Waals surface area contributed by atoms with Gasteiger partial charge in [0, 0.05) is 55.3 Å². The second-order valence-electron chi connectivity index (χ2n) is 9.48. The Morgan fingerprint density at radius 3 is 2.61 bits per heavy atom. The minimum absolute atomic E-state index is 0.0582. The van der Waals surface area contributed by atoms with Gasteiger partial charge >= 0.3 is 0 Å². The second kappa shape index (κ2) is 8.33. The summed E-state index contributed by atoms with van der Waals surface area (Å²) in [6.07, 6.45) is 7.07. The lowest BCUT2D eigenvalue weighted by Gasteiger charge is -2.56. The maximum atomic E-state index is 12.2. The lowest BCUT2D eigenvalue weighted by Crippen LogP contribution is -2.68. The third-order valence-corrected chi connectivity index (χ3v) is 8.37. The van der Waals surface area contributed by atoms with Gasteiger partial charge < -0.3 is 10.0 Å². The summed E-state index contributed by atoms with van der Waals surface area (Å²) in [7, 11) is -3.27. The van der Waals surface area contributed by atoms with E-state index in [1.165, 1.54) is 23.2 Å². The lowest BCUT2D eigenvalue weighted by atomic mass is 9.86. The van der Waals surface area contributed by atoms with Gasteiger partial charge in [-0.15, -0.1) is 0 Å². The molecule has 0 saturated carbocycles. The van der Waals surface area contributed by atoms with Crippen LogP contribution in [0.4, 0.5) is 5.82 Å². The third-order valence-electron chi connectivity index (χ3n) is 7.17. The van der Waals surface area contributed by atoms with Crippen molar-refractivity contribution in [1.82, 2.24) is 19.5 Å². The fourth-order valence-corrected chi connectivity index (χ4v) is 6.40. The molecule has 0 radical (unpaired) electrons. The molecule has 3 aliphatic rings. The van der Waals surface area contributed by atoms with Crippen LogP contribution in [0.2, 0.25) is 0 Å². The van der Waals surface area contributed by atoms with Gasteiger partial charge in [0.2, 0.25) is 0 Å². The lowest BCUT2D eigenvalue weighted by molar-refractivity contribution is -0.00931. The van der Waals surface area contributed by atoms with Gasteiger partial charge in [-0.05, 0) is 36.2 Å². The van der Waals surface area contributed by atoms with Crippen molar-refractivity contribution in [1.29, 1.82) is 5.26 Å². The van der Waals surface area contributed by atoms with Crippen molar-refractivity contribution in [2.45, 2.75) is 29.9 Å². The molecule has 36 heavy (non-hydrogen) atoms. The number of nitriles is 1. The van der Waals surface area contributed by atoms with Gasteiger partial charge in [0.15, 0.2) is 9.84 Å². The molecule has 4 aromatic rings. The Balaban J connectivity index is 1.21. The van der Waals surface area contributed by atoms with Crippen LogP contribution >= 0.6 is 0 Å². The number of anilines is 1. The topological polar surface area (TPSA) is 115 Å². The second-order valence-corrected chi connectivity index (χ2v) is 11.5. The van der Waals surface area contributed by atoms with Gasteiger partial charge in [-0.3, -0.25) is 4.90 Å². The number of aromatic hydroxyl groups is 1. The first kappa shape index (κ1) is 22.5. The molecule has 2 bridgehead atoms. The Kier molecular flexibility index (Phi) is 5.21. The molecular weight excluding hydrogens is 476 g/mol. The van der Waals surface area contributed by atoms with Gasteiger partial charge in [-0.1, -0.05) is 18.2 Å². The average Bonchev–Trinajstić information content (AvgIpc) is 3.29. The predicted molar refractivity (Wildman–Crippen MR) is 134 cm³/mol. The number of fused-ring (bicyclic) bond motifs is 3. The summed E-state index contributed by atoms with van der Waals surface area (Å²) in [6.45, 7) is 2.27. The fraction of sp³-hybridized carbons (Fsp3) is 0.269. The van der Waals surface area contributed by atoms with E-state index in [0.717, 1.165) is 36.5 Å². The summed E-state index contributed by atoms with van der Waals surface area (Å²) in [5, 5.41) is 23.7. The van der Waals surface area contributed by atoms with E-state index in [1.807, 2.05) is 24.3 Å². The van der Waals surface area contributed by atoms with Crippen molar-refractivity contribution in [2.24, 2.45) is 0 Å². The summed E-state index contributed by atoms with van der Waals surface area (Å²) in [5.41, 5.74) is 3.40. The maximum absolute atomic E-state index is 12.2. The summed E-state index contributed by atoms with van der Waals surface area (Å²) in [5.74, 6) is 0.928. The van der Waals surface area contributed by atoms with Crippen LogP contribution < -0.4 is 4.90 Å². The molecule has 0 amide bonds. The van der Waals surface area contributed by atoms with E-state index in [9.17, 15) is 18.8 Å². The van der Waals surface area contributed by atoms with Crippen molar-refractivity contribution in [2.75, 3.05) is 24.2 Å². The van der Waals surface area contributed by atoms with E-state index >= 15 is 0 Å². The molecule has 3 aromatic heterocycles. The largest absolute Gasteiger partial charge is 0.506 e. The fourth-order valence-electron chi connectivity index (χ4n) is 5.47. The van der Waals surface area contributed by atoms with Gasteiger partial charge in [0.05, 0.1) is 28.4 Å². The number of pyridine rings is 2. The van der Waals surface area contributed by atoms with Gasteiger partial charge in [0.25, 0.3) is 0 Å². The zero-order valence-electron chi connectivity index (χ0n) is 19.6. The van der Waals surface area contributed by atoms with Crippen molar-refractivity contribution >= 4 is 21.2 Å². The highest BCUT2D eigenvalue weighted by molar-refractivity contribution is 7.90. The van der Waals surface area contributed by atoms with Crippen molar-refractivity contribution in [3.63, 3.8) is 0 Å². The zero-order valence-corrected chi connectivity index (χ0v) is 20.4. The summed E-state index contributed by atoms with van der Waals surface area (Å²) in [4.78, 5) is 9.76. The van der Waals surface area contributed by atoms with Crippen LogP contribution in [0.15, 0.2) is 66.0 Å². The first-order valence-electron chi connectivity index (χ1n) is 11.7. The molecule has 0 aliphatic carbocycles. The maximum Gasteiger partial charge on any atom is 0.175 e. The van der Waals surface area contributed by atoms with Crippen LogP contribution in [0.1, 0.15) is 17.5 Å². The number of benzene rings is 1. The smallest absolute Gasteiger partial charge is 0.175 e. The Labute approximate surface area is 208 Å². The van der Waals surface area contributed by atoms with Crippen LogP contribution in [0.5, 0.6) is 5.75 Å². The van der Waals surface area contributed by atoms with Crippen LogP contribution in [0.25, 0.3) is 16.6 Å². The first-order valence-corrected chi connectivity index (χ1v) is 13.6. The number of rotatable bonds is 5. The molecule has 3 fully saturated rings. The molecule has 2 unspecified atom stereocenters. The highest BCUT2D eigenvalue weighted by Gasteiger charge is 2.45. The number of aromatic nitrogens is 3. The molecule has 182 valence electrons. The molecule has 6 heterocycles. The minimum Gasteiger partial charge on any atom is -0.506 e. The van der Waals surface area contributed by atoms with Crippen LogP contribution in [0, 0.1) is 11.3 Å². The number of hydrogen-bond donors (Lipinski definition) is 1. The highest BCUT2D eigenvalue weighted by Crippen LogP contribution is 2.37. The molecular formula is C26H24N6O3S. The van der Waals surface area contributed by atoms with E-state index in [4.69, 9.17) is 4.98 Å². The number of piperazine rings is 1. The van der Waals surface area contributed by atoms with E-state index in [0.29, 0.717) is 40.2 Å². The molecule has 0 spiro atoms. The normalized spacial score (nSPS) is 19.7. The molecule has 2 atom stereocenters. The molecule has 1 N–H and O–H groups in total. The zero-order chi connectivity index (χ0) is 25.0. The van der Waals surface area contributed by atoms with Crippen molar-refractivity contribution < 1.29 is 13.5 Å². The highest BCUT2D eigenvalue weighted by atomic mass is 32.2. The molecule has 1 aromatic carbocycles. The van der Waals surface area contributed by atoms with Crippen LogP contribution in [0.3, 0.4) is 0 Å². The Morgan fingerprint density at radius 2 is 1.92 bits per heavy atom. The minimum atomic E-state index is -3.27. The number of nitrogens with zero attached hydrogens (tertiary/aromatic N) is 6. The molecule has 7 rings (SSSR count). The van der Waals surface area contributed by atoms with E-state index < -0.39 is 9.84 Å². The molecule has 10 heteroatoms. The summed E-state index contributed by atoms with van der Waals surface area (Å²) >= 11 is 0. The van der Waals surface area contributed by atoms with Crippen LogP contribution in [-0.2, 0) is 16.4 Å². The van der Waals surface area contributed by atoms with Gasteiger partial charge in [-0.25, -0.2) is 17.9 Å². The Morgan fingerprint density at radius 1 is 1.14 bits per heavy atom. The SMILES string of the molecule is CS(=O)(=O)c1ccccc1CN1C2CC1CN(c1ccc(-c3cc(O)cn4ncc(C#N)c34)cn1)C2. The molecule has 9 nitrogen and oxygen atoms in total. The van der Waals surface area contributed by atoms with Crippen molar-refractivity contribution in [3.05, 3.63) is 72.2 Å². The van der Waals surface area contributed by atoms with Gasteiger partial charge in [-0.2, -0.15) is 10.4 Å². The van der Waals surface area contributed by atoms with Gasteiger partial charge in [0.1, 0.15) is 17.6 Å². The standard InChI is InChI=1S/C26H24N6O3S/c1-36(34,35)24-5-3-2-4-18(24)13-31-20-8-21(31)15-30(14-20)25-7-6-17(11-28-25)23-9-22(33)16-32-26(23)19(10-27)12-29-32/h2-7,9,11-12,16,20-21,33H,8,13-15H2,1H3. The molecule has 3 aliphatic heterocycles. The van der Waals surface area contributed by atoms with E-state index in [2.05, 4.69) is 21.0 Å². The van der Waals surface area contributed by atoms with Crippen molar-refractivity contribution in [3.8, 4) is 22.9 Å². The van der Waals surface area contributed by atoms with E-state index in [-0.39, 0.29) is 5.75 Å². The Hall–Kier alpha value is -3.94.